The van der Waals surface area contributed by atoms with Gasteiger partial charge in [-0.25, -0.2) is 24.7 Å². The van der Waals surface area contributed by atoms with Crippen LogP contribution in [0.4, 0.5) is 34.9 Å². The molecule has 8 N–H and O–H groups in total. The second-order valence-electron chi connectivity index (χ2n) is 21.7. The van der Waals surface area contributed by atoms with Crippen LogP contribution in [0.15, 0.2) is 61.2 Å². The first-order valence-electron chi connectivity index (χ1n) is 27.1. The van der Waals surface area contributed by atoms with Crippen molar-refractivity contribution in [2.24, 2.45) is 0 Å². The molecule has 6 aromatic rings. The lowest BCUT2D eigenvalue weighted by Crippen LogP contribution is -2.52. The number of pyridine rings is 2. The number of aliphatic hydroxyl groups is 1. The first kappa shape index (κ1) is 54.3. The fourth-order valence-corrected chi connectivity index (χ4v) is 11.8. The molecule has 6 aliphatic rings. The Morgan fingerprint density at radius 1 is 0.570 bits per heavy atom. The van der Waals surface area contributed by atoms with Crippen LogP contribution >= 0.6 is 0 Å². The van der Waals surface area contributed by atoms with E-state index in [4.69, 9.17) is 30.4 Å². The van der Waals surface area contributed by atoms with E-state index in [2.05, 4.69) is 96.2 Å². The maximum absolute atomic E-state index is 12.6. The lowest BCUT2D eigenvalue weighted by molar-refractivity contribution is -0.170. The molecule has 4 fully saturated rings. The summed E-state index contributed by atoms with van der Waals surface area (Å²) in [5.41, 5.74) is 2.40. The number of piperazine rings is 2. The number of likely N-dealkylation sites (N-methyl/N-ethyl adjacent to an activating group) is 2. The predicted octanol–water partition coefficient (Wildman–Crippen LogP) is 4.20. The Hall–Kier alpha value is -8.03. The predicted molar refractivity (Wildman–Crippen MR) is 293 cm³/mol. The second kappa shape index (κ2) is 22.7. The Bertz CT molecular complexity index is 3010. The molecule has 25 nitrogen and oxygen atoms in total. The van der Waals surface area contributed by atoms with Crippen molar-refractivity contribution >= 4 is 86.7 Å². The molecule has 2 saturated carbocycles. The highest BCUT2D eigenvalue weighted by Gasteiger charge is 2.44. The van der Waals surface area contributed by atoms with Crippen molar-refractivity contribution in [2.45, 2.75) is 93.7 Å². The van der Waals surface area contributed by atoms with Gasteiger partial charge in [0.1, 0.15) is 34.3 Å². The number of carbonyl (C=O) groups is 5. The van der Waals surface area contributed by atoms with E-state index in [1.54, 1.807) is 12.4 Å². The topological polar surface area (TPSA) is 315 Å². The number of carboxylic acids is 3. The lowest BCUT2D eigenvalue weighted by Gasteiger charge is -2.42. The molecule has 0 aromatic carbocycles. The highest BCUT2D eigenvalue weighted by molar-refractivity contribution is 6.00. The number of fused-ring (bicyclic) bond motifs is 8. The van der Waals surface area contributed by atoms with E-state index in [9.17, 15) is 24.0 Å². The SMILES string of the molecule is CN1CCN(c2ccc(Nc3ncc4cc5n(c4n3)C3(CCCCC3)CNC5=O)nc2)CC1.CN1CCN(c2ccc(Nc3ncc4cc5n(c4n3)C3(CCCCC3)CNC5=O)nc2)CC1.O=C(O)CC(O)(CC(=O)O)C(=O)O. The summed E-state index contributed by atoms with van der Waals surface area (Å²) < 4.78 is 4.38. The zero-order chi connectivity index (χ0) is 55.5. The number of rotatable bonds is 11. The standard InChI is InChI=1S/2C24H30N8O.C6H8O7/c2*1-30-9-11-31(12-10-30)18-5-6-20(25-15-18)28-23-26-14-17-13-19-22(33)27-16-24(7-3-2-4-8-24)32(19)21(17)29-23;7-3(8)1-6(13,5(11)12)2-4(9)10/h2*5-6,13-15H,2-4,7-12,16H2,1H3,(H,27,33)(H,25,26,28,29);13H,1-2H2,(H,7,8)(H,9,10)(H,11,12). The van der Waals surface area contributed by atoms with E-state index in [0.717, 1.165) is 111 Å². The van der Waals surface area contributed by atoms with Gasteiger partial charge < -0.3 is 70.4 Å². The van der Waals surface area contributed by atoms with Gasteiger partial charge in [-0.15, -0.1) is 0 Å². The number of carboxylic acid groups (broad SMARTS) is 3. The normalized spacial score (nSPS) is 19.0. The van der Waals surface area contributed by atoms with Crippen molar-refractivity contribution in [2.75, 3.05) is 100.0 Å². The molecule has 0 atom stereocenters. The lowest BCUT2D eigenvalue weighted by atomic mass is 9.80. The number of amides is 2. The molecule has 0 radical (unpaired) electrons. The molecule has 0 bridgehead atoms. The van der Waals surface area contributed by atoms with Crippen molar-refractivity contribution in [3.8, 4) is 0 Å². The number of hydrogen-bond donors (Lipinski definition) is 8. The molecule has 6 aromatic heterocycles. The minimum absolute atomic E-state index is 0.0279. The van der Waals surface area contributed by atoms with Gasteiger partial charge in [0.15, 0.2) is 5.60 Å². The van der Waals surface area contributed by atoms with Crippen LogP contribution in [0.5, 0.6) is 0 Å². The zero-order valence-electron chi connectivity index (χ0n) is 44.5. The Balaban J connectivity index is 0.000000147. The number of hydrogen-bond acceptors (Lipinski definition) is 18. The summed E-state index contributed by atoms with van der Waals surface area (Å²) in [5.74, 6) is -2.65. The molecule has 2 spiro atoms. The molecular formula is C54H68N16O9. The van der Waals surface area contributed by atoms with Crippen LogP contribution < -0.4 is 31.1 Å². The fourth-order valence-electron chi connectivity index (χ4n) is 11.8. The average molecular weight is 1090 g/mol. The van der Waals surface area contributed by atoms with Gasteiger partial charge in [0.2, 0.25) is 11.9 Å². The number of aliphatic carboxylic acids is 3. The van der Waals surface area contributed by atoms with E-state index in [0.29, 0.717) is 48.0 Å². The van der Waals surface area contributed by atoms with Gasteiger partial charge in [0.05, 0.1) is 47.7 Å². The van der Waals surface area contributed by atoms with Crippen LogP contribution in [-0.2, 0) is 25.5 Å². The van der Waals surface area contributed by atoms with E-state index < -0.39 is 36.4 Å². The fraction of sp³-hybridized carbons (Fsp3) is 0.500. The summed E-state index contributed by atoms with van der Waals surface area (Å²) in [7, 11) is 4.31. The van der Waals surface area contributed by atoms with E-state index in [-0.39, 0.29) is 22.9 Å². The van der Waals surface area contributed by atoms with Gasteiger partial charge in [-0.1, -0.05) is 38.5 Å². The number of anilines is 6. The Labute approximate surface area is 455 Å². The third kappa shape index (κ3) is 11.7. The largest absolute Gasteiger partial charge is 0.481 e. The van der Waals surface area contributed by atoms with Crippen molar-refractivity contribution < 1.29 is 44.4 Å². The molecule has 2 saturated heterocycles. The summed E-state index contributed by atoms with van der Waals surface area (Å²) in [5, 5.41) is 48.3. The maximum atomic E-state index is 12.6. The highest BCUT2D eigenvalue weighted by Crippen LogP contribution is 2.42. The summed E-state index contributed by atoms with van der Waals surface area (Å²) in [6.45, 7) is 9.65. The molecular weight excluding hydrogens is 1020 g/mol. The number of nitrogens with one attached hydrogen (secondary N) is 4. The summed E-state index contributed by atoms with van der Waals surface area (Å²) in [6, 6.07) is 12.0. The smallest absolute Gasteiger partial charge is 0.336 e. The quantitative estimate of drug-likeness (QED) is 0.0901. The van der Waals surface area contributed by atoms with Gasteiger partial charge >= 0.3 is 17.9 Å². The molecule has 10 heterocycles. The van der Waals surface area contributed by atoms with Gasteiger partial charge in [-0.3, -0.25) is 19.2 Å². The number of aromatic nitrogens is 8. The minimum atomic E-state index is -2.74. The van der Waals surface area contributed by atoms with Crippen molar-refractivity contribution in [3.05, 3.63) is 72.6 Å². The highest BCUT2D eigenvalue weighted by atomic mass is 16.4. The van der Waals surface area contributed by atoms with E-state index >= 15 is 0 Å². The number of nitrogens with zero attached hydrogens (tertiary/aromatic N) is 12. The molecule has 2 aliphatic carbocycles. The van der Waals surface area contributed by atoms with Crippen molar-refractivity contribution in [1.29, 1.82) is 0 Å². The summed E-state index contributed by atoms with van der Waals surface area (Å²) >= 11 is 0. The van der Waals surface area contributed by atoms with Crippen LogP contribution in [-0.4, -0.2) is 184 Å². The van der Waals surface area contributed by atoms with Gasteiger partial charge in [0.25, 0.3) is 11.8 Å². The molecule has 418 valence electrons. The summed E-state index contributed by atoms with van der Waals surface area (Å²) in [6.07, 6.45) is 16.6. The zero-order valence-corrected chi connectivity index (χ0v) is 44.5. The molecule has 25 heteroatoms. The second-order valence-corrected chi connectivity index (χ2v) is 21.7. The maximum Gasteiger partial charge on any atom is 0.336 e. The van der Waals surface area contributed by atoms with E-state index in [1.165, 1.54) is 38.5 Å². The molecule has 2 amide bonds. The Morgan fingerprint density at radius 3 is 1.30 bits per heavy atom. The molecule has 12 rings (SSSR count). The molecule has 79 heavy (non-hydrogen) atoms. The summed E-state index contributed by atoms with van der Waals surface area (Å²) in [4.78, 5) is 93.1. The first-order chi connectivity index (χ1) is 38.0. The van der Waals surface area contributed by atoms with Crippen molar-refractivity contribution in [3.63, 3.8) is 0 Å². The van der Waals surface area contributed by atoms with Crippen LogP contribution in [0, 0.1) is 0 Å². The van der Waals surface area contributed by atoms with Gasteiger partial charge in [-0.05, 0) is 76.2 Å². The van der Waals surface area contributed by atoms with Gasteiger partial charge in [-0.2, -0.15) is 9.97 Å². The Kier molecular flexibility index (Phi) is 15.6. The van der Waals surface area contributed by atoms with Crippen LogP contribution in [0.3, 0.4) is 0 Å². The first-order valence-corrected chi connectivity index (χ1v) is 27.1. The van der Waals surface area contributed by atoms with Crippen LogP contribution in [0.2, 0.25) is 0 Å². The van der Waals surface area contributed by atoms with Crippen molar-refractivity contribution in [1.82, 2.24) is 59.5 Å². The average Bonchev–Trinajstić information content (AvgIpc) is 4.27. The Morgan fingerprint density at radius 2 is 0.962 bits per heavy atom. The van der Waals surface area contributed by atoms with Gasteiger partial charge in [0, 0.05) is 88.6 Å². The minimum Gasteiger partial charge on any atom is -0.481 e. The molecule has 0 unspecified atom stereocenters. The third-order valence-corrected chi connectivity index (χ3v) is 16.2. The van der Waals surface area contributed by atoms with Crippen LogP contribution in [0.25, 0.3) is 22.1 Å². The monoisotopic (exact) mass is 1080 g/mol. The number of carbonyl (C=O) groups excluding carboxylic acids is 2. The third-order valence-electron chi connectivity index (χ3n) is 16.2. The van der Waals surface area contributed by atoms with Crippen LogP contribution in [0.1, 0.15) is 98.0 Å². The van der Waals surface area contributed by atoms with E-state index in [1.807, 2.05) is 36.7 Å². The molecule has 4 aliphatic heterocycles.